The second kappa shape index (κ2) is 11.2. The lowest BCUT2D eigenvalue weighted by atomic mass is 10.1. The molecule has 4 N–H and O–H groups in total. The maximum Gasteiger partial charge on any atom is 0.327 e. The maximum absolute atomic E-state index is 12.9. The van der Waals surface area contributed by atoms with Crippen molar-refractivity contribution in [2.24, 2.45) is 0 Å². The Bertz CT molecular complexity index is 683. The van der Waals surface area contributed by atoms with Crippen LogP contribution in [0.15, 0.2) is 24.3 Å². The van der Waals surface area contributed by atoms with Gasteiger partial charge in [0, 0.05) is 17.9 Å². The smallest absolute Gasteiger partial charge is 0.327 e. The first-order valence-corrected chi connectivity index (χ1v) is 9.18. The molecule has 0 radical (unpaired) electrons. The number of nitrogens with one attached hydrogen (secondary N) is 2. The number of ketones is 1. The van der Waals surface area contributed by atoms with Crippen LogP contribution >= 0.6 is 11.8 Å². The summed E-state index contributed by atoms with van der Waals surface area (Å²) in [4.78, 5) is 45.3. The highest BCUT2D eigenvalue weighted by Crippen LogP contribution is 2.14. The van der Waals surface area contributed by atoms with Crippen molar-refractivity contribution in [1.82, 2.24) is 10.6 Å². The normalized spacial score (nSPS) is 12.7. The molecular formula is C17H21FN2O6S. The minimum absolute atomic E-state index is 0.0555. The molecule has 1 rings (SSSR count). The Kier molecular flexibility index (Phi) is 9.27. The van der Waals surface area contributed by atoms with Gasteiger partial charge in [-0.25, -0.2) is 14.0 Å². The number of halogens is 1. The van der Waals surface area contributed by atoms with Crippen LogP contribution in [0.2, 0.25) is 0 Å². The third kappa shape index (κ3) is 9.04. The average molecular weight is 399 g/mol. The average Bonchev–Trinajstić information content (AvgIpc) is 2.58. The highest BCUT2D eigenvalue weighted by Gasteiger charge is 2.23. The molecule has 1 aromatic rings. The van der Waals surface area contributed by atoms with Crippen molar-refractivity contribution in [3.8, 4) is 0 Å². The van der Waals surface area contributed by atoms with E-state index in [1.807, 2.05) is 0 Å². The summed E-state index contributed by atoms with van der Waals surface area (Å²) in [5.41, 5.74) is 0.806. The quantitative estimate of drug-likeness (QED) is 0.444. The van der Waals surface area contributed by atoms with E-state index in [1.54, 1.807) is 12.1 Å². The molecule has 0 unspecified atom stereocenters. The summed E-state index contributed by atoms with van der Waals surface area (Å²) in [7, 11) is 0. The second-order valence-electron chi connectivity index (χ2n) is 5.75. The molecule has 0 bridgehead atoms. The van der Waals surface area contributed by atoms with Crippen LogP contribution in [0.3, 0.4) is 0 Å². The first-order valence-electron chi connectivity index (χ1n) is 8.03. The Hall–Kier alpha value is -2.62. The number of aliphatic carboxylic acids is 2. The number of hydrogen-bond acceptors (Lipinski definition) is 5. The molecule has 0 spiro atoms. The number of carboxylic acid groups (broad SMARTS) is 2. The van der Waals surface area contributed by atoms with Gasteiger partial charge >= 0.3 is 18.0 Å². The van der Waals surface area contributed by atoms with Crippen molar-refractivity contribution in [1.29, 1.82) is 0 Å². The third-order valence-corrected chi connectivity index (χ3v) is 4.62. The lowest BCUT2D eigenvalue weighted by molar-refractivity contribution is -0.139. The standard InChI is InChI=1S/C17H21FN2O6S/c1-10(21)13(6-7-15(22)23)19-17(26)20-14(16(24)25)9-27-8-11-2-4-12(18)5-3-11/h2-5,13-14H,6-9H2,1H3,(H,22,23)(H,24,25)(H2,19,20,26)/t13-,14-/m0/s1/i18-1. The lowest BCUT2D eigenvalue weighted by Crippen LogP contribution is -2.51. The van der Waals surface area contributed by atoms with Gasteiger partial charge in [0.1, 0.15) is 11.9 Å². The van der Waals surface area contributed by atoms with Crippen molar-refractivity contribution in [2.45, 2.75) is 37.6 Å². The van der Waals surface area contributed by atoms with Gasteiger partial charge < -0.3 is 20.8 Å². The Morgan fingerprint density at radius 1 is 1.07 bits per heavy atom. The van der Waals surface area contributed by atoms with E-state index in [0.717, 1.165) is 5.56 Å². The zero-order valence-corrected chi connectivity index (χ0v) is 15.4. The molecule has 27 heavy (non-hydrogen) atoms. The summed E-state index contributed by atoms with van der Waals surface area (Å²) < 4.78 is 12.9. The van der Waals surface area contributed by atoms with Gasteiger partial charge in [0.05, 0.1) is 6.04 Å². The predicted molar refractivity (Wildman–Crippen MR) is 97.0 cm³/mol. The summed E-state index contributed by atoms with van der Waals surface area (Å²) in [5.74, 6) is -2.66. The van der Waals surface area contributed by atoms with Gasteiger partial charge in [-0.3, -0.25) is 9.59 Å². The molecule has 0 saturated heterocycles. The van der Waals surface area contributed by atoms with Crippen LogP contribution in [0.4, 0.5) is 9.18 Å². The van der Waals surface area contributed by atoms with E-state index in [4.69, 9.17) is 5.11 Å². The van der Waals surface area contributed by atoms with Crippen LogP contribution in [0.25, 0.3) is 0 Å². The summed E-state index contributed by atoms with van der Waals surface area (Å²) in [6, 6.07) is 2.68. The number of urea groups is 1. The summed E-state index contributed by atoms with van der Waals surface area (Å²) in [6.07, 6.45) is -0.393. The molecule has 0 fully saturated rings. The summed E-state index contributed by atoms with van der Waals surface area (Å²) in [6.45, 7) is 1.21. The highest BCUT2D eigenvalue weighted by molar-refractivity contribution is 7.98. The molecule has 0 aliphatic rings. The van der Waals surface area contributed by atoms with Gasteiger partial charge in [0.15, 0.2) is 5.78 Å². The molecule has 1 aromatic carbocycles. The van der Waals surface area contributed by atoms with Gasteiger partial charge in [0.2, 0.25) is 0 Å². The Morgan fingerprint density at radius 2 is 1.67 bits per heavy atom. The van der Waals surface area contributed by atoms with Gasteiger partial charge in [-0.1, -0.05) is 12.1 Å². The van der Waals surface area contributed by atoms with Gasteiger partial charge in [-0.2, -0.15) is 11.8 Å². The number of carbonyl (C=O) groups is 4. The van der Waals surface area contributed by atoms with Crippen LogP contribution in [-0.2, 0) is 20.1 Å². The van der Waals surface area contributed by atoms with Gasteiger partial charge in [-0.05, 0) is 31.0 Å². The molecule has 8 nitrogen and oxygen atoms in total. The molecule has 0 aliphatic carbocycles. The zero-order chi connectivity index (χ0) is 20.4. The third-order valence-electron chi connectivity index (χ3n) is 3.51. The molecule has 0 heterocycles. The van der Waals surface area contributed by atoms with E-state index in [-0.39, 0.29) is 24.4 Å². The highest BCUT2D eigenvalue weighted by atomic mass is 32.2. The number of rotatable bonds is 11. The number of carbonyl (C=O) groups excluding carboxylic acids is 2. The van der Waals surface area contributed by atoms with Gasteiger partial charge in [-0.15, -0.1) is 0 Å². The Labute approximate surface area is 159 Å². The van der Waals surface area contributed by atoms with E-state index in [0.29, 0.717) is 5.75 Å². The van der Waals surface area contributed by atoms with Crippen LogP contribution < -0.4 is 10.6 Å². The van der Waals surface area contributed by atoms with Crippen LogP contribution in [0, 0.1) is 5.82 Å². The first kappa shape index (κ1) is 22.4. The van der Waals surface area contributed by atoms with E-state index in [1.165, 1.54) is 30.8 Å². The fourth-order valence-electron chi connectivity index (χ4n) is 2.05. The van der Waals surface area contributed by atoms with Crippen molar-refractivity contribution in [3.05, 3.63) is 35.6 Å². The van der Waals surface area contributed by atoms with Crippen molar-refractivity contribution in [3.63, 3.8) is 0 Å². The van der Waals surface area contributed by atoms with Crippen LogP contribution in [0.1, 0.15) is 25.3 Å². The molecule has 0 saturated carbocycles. The second-order valence-corrected chi connectivity index (χ2v) is 6.78. The van der Waals surface area contributed by atoms with Crippen molar-refractivity contribution in [2.75, 3.05) is 5.75 Å². The van der Waals surface area contributed by atoms with E-state index < -0.39 is 35.8 Å². The Balaban J connectivity index is 2.52. The lowest BCUT2D eigenvalue weighted by Gasteiger charge is -2.19. The molecule has 2 atom stereocenters. The fraction of sp³-hybridized carbons (Fsp3) is 0.412. The number of amides is 2. The van der Waals surface area contributed by atoms with E-state index in [9.17, 15) is 28.7 Å². The SMILES string of the molecule is CC(=O)[C@H](CCC(=O)O)NC(=O)N[C@@H](CSCc1ccc([18F])cc1)C(=O)O. The number of Topliss-reactive ketones (excluding diaryl/α,β-unsaturated/α-hetero) is 1. The first-order chi connectivity index (χ1) is 12.7. The van der Waals surface area contributed by atoms with Crippen molar-refractivity contribution < 1.29 is 33.8 Å². The number of hydrogen-bond donors (Lipinski definition) is 4. The number of benzene rings is 1. The van der Waals surface area contributed by atoms with Crippen LogP contribution in [0.5, 0.6) is 0 Å². The molecule has 10 heteroatoms. The van der Waals surface area contributed by atoms with Crippen LogP contribution in [-0.4, -0.2) is 51.8 Å². The van der Waals surface area contributed by atoms with Gasteiger partial charge in [0.25, 0.3) is 0 Å². The largest absolute Gasteiger partial charge is 0.481 e. The molecule has 2 amide bonds. The predicted octanol–water partition coefficient (Wildman–Crippen LogP) is 1.63. The molecule has 148 valence electrons. The monoisotopic (exact) mass is 399 g/mol. The topological polar surface area (TPSA) is 133 Å². The maximum atomic E-state index is 12.9. The minimum Gasteiger partial charge on any atom is -0.481 e. The summed E-state index contributed by atoms with van der Waals surface area (Å²) in [5, 5.41) is 22.4. The Morgan fingerprint density at radius 3 is 2.19 bits per heavy atom. The summed E-state index contributed by atoms with van der Waals surface area (Å²) >= 11 is 1.24. The van der Waals surface area contributed by atoms with E-state index >= 15 is 0 Å². The molecule has 0 aliphatic heterocycles. The molecular weight excluding hydrogens is 378 g/mol. The number of carboxylic acids is 2. The fourth-order valence-corrected chi connectivity index (χ4v) is 3.06. The zero-order valence-electron chi connectivity index (χ0n) is 14.6. The molecule has 0 aromatic heterocycles. The minimum atomic E-state index is -1.25. The number of thioether (sulfide) groups is 1. The van der Waals surface area contributed by atoms with Crippen molar-refractivity contribution >= 4 is 35.5 Å². The van der Waals surface area contributed by atoms with E-state index in [2.05, 4.69) is 10.6 Å².